The topological polar surface area (TPSA) is 88.2 Å². The van der Waals surface area contributed by atoms with Crippen LogP contribution >= 0.6 is 0 Å². The van der Waals surface area contributed by atoms with Crippen LogP contribution < -0.4 is 5.32 Å². The van der Waals surface area contributed by atoms with Crippen molar-refractivity contribution in [3.05, 3.63) is 36.2 Å². The minimum Gasteiger partial charge on any atom is -0.423 e. The van der Waals surface area contributed by atoms with Crippen molar-refractivity contribution in [3.63, 3.8) is 0 Å². The molecule has 104 valence electrons. The lowest BCUT2D eigenvalue weighted by Crippen LogP contribution is -2.31. The van der Waals surface area contributed by atoms with E-state index in [1.54, 1.807) is 24.3 Å². The lowest BCUT2D eigenvalue weighted by molar-refractivity contribution is 0.0935. The van der Waals surface area contributed by atoms with Crippen LogP contribution in [-0.2, 0) is 0 Å². The molecule has 1 aliphatic carbocycles. The van der Waals surface area contributed by atoms with Crippen molar-refractivity contribution in [3.8, 4) is 11.5 Å². The summed E-state index contributed by atoms with van der Waals surface area (Å²) in [6.07, 6.45) is 3.21. The molecule has 1 heterocycles. The van der Waals surface area contributed by atoms with Crippen LogP contribution in [0.4, 0.5) is 0 Å². The lowest BCUT2D eigenvalue weighted by Gasteiger charge is -2.12. The average molecular weight is 273 g/mol. The molecule has 1 aliphatic rings. The first-order chi connectivity index (χ1) is 9.72. The molecule has 1 aromatic carbocycles. The van der Waals surface area contributed by atoms with Crippen LogP contribution in [0.1, 0.15) is 23.2 Å². The molecule has 1 aromatic heterocycles. The molecule has 6 nitrogen and oxygen atoms in total. The van der Waals surface area contributed by atoms with Crippen LogP contribution in [0.15, 0.2) is 35.1 Å². The summed E-state index contributed by atoms with van der Waals surface area (Å²) in [6.45, 7) is 0.650. The Labute approximate surface area is 115 Å². The van der Waals surface area contributed by atoms with Gasteiger partial charge in [0.2, 0.25) is 12.3 Å². The highest BCUT2D eigenvalue weighted by Gasteiger charge is 2.42. The van der Waals surface area contributed by atoms with Gasteiger partial charge in [0, 0.05) is 23.1 Å². The number of carbonyl (C=O) groups excluding carboxylic acids is 1. The van der Waals surface area contributed by atoms with E-state index >= 15 is 0 Å². The molecule has 1 amide bonds. The number of rotatable bonds is 5. The molecule has 2 N–H and O–H groups in total. The number of nitrogens with one attached hydrogen (secondary N) is 1. The highest BCUT2D eigenvalue weighted by atomic mass is 16.4. The Morgan fingerprint density at radius 2 is 2.10 bits per heavy atom. The van der Waals surface area contributed by atoms with Crippen LogP contribution in [0.25, 0.3) is 11.5 Å². The van der Waals surface area contributed by atoms with Gasteiger partial charge in [-0.15, -0.1) is 10.2 Å². The van der Waals surface area contributed by atoms with Gasteiger partial charge in [-0.05, 0) is 37.1 Å². The third-order valence-electron chi connectivity index (χ3n) is 3.67. The summed E-state index contributed by atoms with van der Waals surface area (Å²) in [5.74, 6) is 0.288. The summed E-state index contributed by atoms with van der Waals surface area (Å²) < 4.78 is 5.08. The molecule has 2 aromatic rings. The second kappa shape index (κ2) is 5.05. The quantitative estimate of drug-likeness (QED) is 0.855. The third kappa shape index (κ3) is 2.55. The lowest BCUT2D eigenvalue weighted by atomic mass is 10.1. The number of aliphatic hydroxyl groups excluding tert-OH is 1. The minimum atomic E-state index is -0.137. The number of aromatic nitrogens is 2. The van der Waals surface area contributed by atoms with Crippen molar-refractivity contribution in [2.75, 3.05) is 13.2 Å². The van der Waals surface area contributed by atoms with Crippen molar-refractivity contribution in [2.45, 2.75) is 12.8 Å². The van der Waals surface area contributed by atoms with Crippen LogP contribution in [0, 0.1) is 5.41 Å². The second-order valence-corrected chi connectivity index (χ2v) is 5.16. The van der Waals surface area contributed by atoms with Gasteiger partial charge in [-0.1, -0.05) is 0 Å². The van der Waals surface area contributed by atoms with Crippen molar-refractivity contribution < 1.29 is 14.3 Å². The molecule has 1 fully saturated rings. The van der Waals surface area contributed by atoms with Gasteiger partial charge in [-0.25, -0.2) is 0 Å². The summed E-state index contributed by atoms with van der Waals surface area (Å²) in [6, 6.07) is 6.96. The zero-order valence-electron chi connectivity index (χ0n) is 10.9. The first-order valence-electron chi connectivity index (χ1n) is 6.48. The molecule has 0 bridgehead atoms. The fourth-order valence-electron chi connectivity index (χ4n) is 2.00. The van der Waals surface area contributed by atoms with Crippen LogP contribution in [0.2, 0.25) is 0 Å². The molecule has 0 atom stereocenters. The molecule has 0 aliphatic heterocycles. The van der Waals surface area contributed by atoms with E-state index in [-0.39, 0.29) is 17.9 Å². The van der Waals surface area contributed by atoms with E-state index in [0.717, 1.165) is 18.4 Å². The van der Waals surface area contributed by atoms with Gasteiger partial charge in [0.25, 0.3) is 5.91 Å². The monoisotopic (exact) mass is 273 g/mol. The maximum atomic E-state index is 12.0. The molecule has 3 rings (SSSR count). The average Bonchev–Trinajstić information content (AvgIpc) is 3.07. The number of nitrogens with zero attached hydrogens (tertiary/aromatic N) is 2. The standard InChI is InChI=1S/C14H15N3O3/c18-8-14(5-6-14)7-15-12(19)10-1-3-11(4-2-10)13-17-16-9-20-13/h1-4,9,18H,5-8H2,(H,15,19). The van der Waals surface area contributed by atoms with Gasteiger partial charge >= 0.3 is 0 Å². The number of aliphatic hydroxyl groups is 1. The first kappa shape index (κ1) is 12.8. The van der Waals surface area contributed by atoms with Gasteiger partial charge in [-0.3, -0.25) is 4.79 Å². The zero-order chi connectivity index (χ0) is 14.0. The van der Waals surface area contributed by atoms with Gasteiger partial charge in [-0.2, -0.15) is 0 Å². The molecular weight excluding hydrogens is 258 g/mol. The van der Waals surface area contributed by atoms with E-state index in [0.29, 0.717) is 18.0 Å². The number of hydrogen-bond donors (Lipinski definition) is 2. The van der Waals surface area contributed by atoms with Crippen molar-refractivity contribution in [2.24, 2.45) is 5.41 Å². The van der Waals surface area contributed by atoms with Gasteiger partial charge in [0.15, 0.2) is 0 Å². The van der Waals surface area contributed by atoms with Gasteiger partial charge < -0.3 is 14.8 Å². The Morgan fingerprint density at radius 1 is 1.35 bits per heavy atom. The predicted octanol–water partition coefficient (Wildman–Crippen LogP) is 1.24. The molecule has 0 unspecified atom stereocenters. The first-order valence-corrected chi connectivity index (χ1v) is 6.48. The number of benzene rings is 1. The Kier molecular flexibility index (Phi) is 3.23. The summed E-state index contributed by atoms with van der Waals surface area (Å²) >= 11 is 0. The van der Waals surface area contributed by atoms with Crippen molar-refractivity contribution in [1.82, 2.24) is 15.5 Å². The molecule has 6 heteroatoms. The SMILES string of the molecule is O=C(NCC1(CO)CC1)c1ccc(-c2nnco2)cc1. The van der Waals surface area contributed by atoms with Crippen LogP contribution in [0.3, 0.4) is 0 Å². The van der Waals surface area contributed by atoms with E-state index in [1.807, 2.05) is 0 Å². The fourth-order valence-corrected chi connectivity index (χ4v) is 2.00. The molecule has 0 saturated heterocycles. The third-order valence-corrected chi connectivity index (χ3v) is 3.67. The molecule has 0 radical (unpaired) electrons. The van der Waals surface area contributed by atoms with Gasteiger partial charge in [0.1, 0.15) is 0 Å². The largest absolute Gasteiger partial charge is 0.423 e. The highest BCUT2D eigenvalue weighted by molar-refractivity contribution is 5.94. The van der Waals surface area contributed by atoms with Gasteiger partial charge in [0.05, 0.1) is 6.61 Å². The molecular formula is C14H15N3O3. The number of hydrogen-bond acceptors (Lipinski definition) is 5. The smallest absolute Gasteiger partial charge is 0.251 e. The molecule has 0 spiro atoms. The zero-order valence-corrected chi connectivity index (χ0v) is 10.9. The Bertz CT molecular complexity index is 589. The molecule has 1 saturated carbocycles. The number of carbonyl (C=O) groups is 1. The Hall–Kier alpha value is -2.21. The van der Waals surface area contributed by atoms with E-state index in [1.165, 1.54) is 6.39 Å². The normalized spacial score (nSPS) is 15.8. The molecule has 20 heavy (non-hydrogen) atoms. The summed E-state index contributed by atoms with van der Waals surface area (Å²) in [7, 11) is 0. The minimum absolute atomic E-state index is 0.0840. The van der Waals surface area contributed by atoms with E-state index in [2.05, 4.69) is 15.5 Å². The summed E-state index contributed by atoms with van der Waals surface area (Å²) in [5, 5.41) is 19.5. The predicted molar refractivity (Wildman–Crippen MR) is 70.8 cm³/mol. The van der Waals surface area contributed by atoms with E-state index < -0.39 is 0 Å². The maximum Gasteiger partial charge on any atom is 0.251 e. The number of amides is 1. The van der Waals surface area contributed by atoms with Crippen LogP contribution in [-0.4, -0.2) is 34.4 Å². The Balaban J connectivity index is 1.64. The fraction of sp³-hybridized carbons (Fsp3) is 0.357. The summed E-state index contributed by atoms with van der Waals surface area (Å²) in [4.78, 5) is 12.0. The van der Waals surface area contributed by atoms with Crippen molar-refractivity contribution >= 4 is 5.91 Å². The maximum absolute atomic E-state index is 12.0. The highest BCUT2D eigenvalue weighted by Crippen LogP contribution is 2.44. The second-order valence-electron chi connectivity index (χ2n) is 5.16. The van der Waals surface area contributed by atoms with E-state index in [9.17, 15) is 9.90 Å². The Morgan fingerprint density at radius 3 is 2.65 bits per heavy atom. The summed E-state index contributed by atoms with van der Waals surface area (Å²) in [5.41, 5.74) is 1.26. The van der Waals surface area contributed by atoms with Crippen LogP contribution in [0.5, 0.6) is 0 Å². The van der Waals surface area contributed by atoms with E-state index in [4.69, 9.17) is 4.42 Å². The van der Waals surface area contributed by atoms with Crippen molar-refractivity contribution in [1.29, 1.82) is 0 Å².